The molecule has 1 saturated heterocycles. The van der Waals surface area contributed by atoms with Crippen molar-refractivity contribution < 1.29 is 9.90 Å². The maximum Gasteiger partial charge on any atom is 0.230 e. The standard InChI is InChI=1S/C10H8BrN3O2/c11-7-1-6(3-12)10(13-4-7)14-5-8(15)2-9(14)16/h1,4,8,15H,2,5H2. The Hall–Kier alpha value is -1.45. The number of halogens is 1. The molecular weight excluding hydrogens is 274 g/mol. The fraction of sp³-hybridized carbons (Fsp3) is 0.300. The third-order valence-electron chi connectivity index (χ3n) is 2.31. The van der Waals surface area contributed by atoms with E-state index in [2.05, 4.69) is 20.9 Å². The summed E-state index contributed by atoms with van der Waals surface area (Å²) in [6, 6.07) is 3.58. The molecule has 0 bridgehead atoms. The first-order chi connectivity index (χ1) is 7.61. The van der Waals surface area contributed by atoms with Crippen molar-refractivity contribution in [2.24, 2.45) is 0 Å². The van der Waals surface area contributed by atoms with E-state index in [1.165, 1.54) is 11.1 Å². The van der Waals surface area contributed by atoms with E-state index < -0.39 is 6.10 Å². The van der Waals surface area contributed by atoms with Crippen LogP contribution in [0.15, 0.2) is 16.7 Å². The molecule has 0 radical (unpaired) electrons. The molecule has 5 nitrogen and oxygen atoms in total. The molecule has 0 aromatic carbocycles. The van der Waals surface area contributed by atoms with Gasteiger partial charge in [-0.05, 0) is 22.0 Å². The van der Waals surface area contributed by atoms with Crippen LogP contribution in [0.5, 0.6) is 0 Å². The van der Waals surface area contributed by atoms with Gasteiger partial charge in [0.25, 0.3) is 0 Å². The minimum absolute atomic E-state index is 0.0859. The Morgan fingerprint density at radius 1 is 1.69 bits per heavy atom. The SMILES string of the molecule is N#Cc1cc(Br)cnc1N1CC(O)CC1=O. The number of aliphatic hydroxyl groups is 1. The van der Waals surface area contributed by atoms with E-state index in [-0.39, 0.29) is 18.9 Å². The van der Waals surface area contributed by atoms with Crippen LogP contribution in [0.3, 0.4) is 0 Å². The number of β-amino-alcohol motifs (C(OH)–C–C–N with tert-alkyl or cyclic N) is 1. The Kier molecular flexibility index (Phi) is 2.90. The molecular formula is C10H8BrN3O2. The van der Waals surface area contributed by atoms with E-state index in [1.807, 2.05) is 6.07 Å². The summed E-state index contributed by atoms with van der Waals surface area (Å²) in [4.78, 5) is 16.9. The number of hydrogen-bond donors (Lipinski definition) is 1. The molecule has 1 atom stereocenters. The quantitative estimate of drug-likeness (QED) is 0.827. The van der Waals surface area contributed by atoms with Crippen molar-refractivity contribution in [3.8, 4) is 6.07 Å². The minimum Gasteiger partial charge on any atom is -0.391 e. The molecule has 6 heteroatoms. The van der Waals surface area contributed by atoms with Gasteiger partial charge in [0, 0.05) is 10.7 Å². The number of pyridine rings is 1. The Labute approximate surface area is 100 Å². The van der Waals surface area contributed by atoms with E-state index >= 15 is 0 Å². The highest BCUT2D eigenvalue weighted by Gasteiger charge is 2.31. The molecule has 1 N–H and O–H groups in total. The molecule has 1 aromatic rings. The third kappa shape index (κ3) is 1.92. The van der Waals surface area contributed by atoms with Crippen LogP contribution in [-0.2, 0) is 4.79 Å². The molecule has 2 rings (SSSR count). The van der Waals surface area contributed by atoms with Crippen molar-refractivity contribution in [3.63, 3.8) is 0 Å². The molecule has 1 aliphatic rings. The largest absolute Gasteiger partial charge is 0.391 e. The van der Waals surface area contributed by atoms with Gasteiger partial charge in [-0.25, -0.2) is 4.98 Å². The fourth-order valence-corrected chi connectivity index (χ4v) is 1.95. The van der Waals surface area contributed by atoms with Crippen LogP contribution in [0.25, 0.3) is 0 Å². The molecule has 0 aliphatic carbocycles. The van der Waals surface area contributed by atoms with Crippen LogP contribution in [0, 0.1) is 11.3 Å². The molecule has 1 fully saturated rings. The number of rotatable bonds is 1. The molecule has 1 unspecified atom stereocenters. The number of aromatic nitrogens is 1. The molecule has 82 valence electrons. The van der Waals surface area contributed by atoms with Gasteiger partial charge >= 0.3 is 0 Å². The lowest BCUT2D eigenvalue weighted by molar-refractivity contribution is -0.117. The summed E-state index contributed by atoms with van der Waals surface area (Å²) in [7, 11) is 0. The minimum atomic E-state index is -0.676. The number of hydrogen-bond acceptors (Lipinski definition) is 4. The molecule has 0 saturated carbocycles. The average Bonchev–Trinajstić information content (AvgIpc) is 2.57. The van der Waals surface area contributed by atoms with Gasteiger partial charge in [-0.15, -0.1) is 0 Å². The summed E-state index contributed by atoms with van der Waals surface area (Å²) < 4.78 is 0.681. The molecule has 1 amide bonds. The monoisotopic (exact) mass is 281 g/mol. The van der Waals surface area contributed by atoms with Gasteiger partial charge < -0.3 is 5.11 Å². The average molecular weight is 282 g/mol. The van der Waals surface area contributed by atoms with Crippen molar-refractivity contribution in [1.29, 1.82) is 5.26 Å². The molecule has 16 heavy (non-hydrogen) atoms. The first kappa shape index (κ1) is 11.0. The van der Waals surface area contributed by atoms with E-state index in [0.29, 0.717) is 15.9 Å². The van der Waals surface area contributed by atoms with Crippen molar-refractivity contribution in [3.05, 3.63) is 22.3 Å². The molecule has 1 aromatic heterocycles. The fourth-order valence-electron chi connectivity index (χ4n) is 1.62. The Bertz CT molecular complexity index is 483. The van der Waals surface area contributed by atoms with Crippen molar-refractivity contribution in [2.75, 3.05) is 11.4 Å². The zero-order chi connectivity index (χ0) is 11.7. The highest BCUT2D eigenvalue weighted by molar-refractivity contribution is 9.10. The van der Waals surface area contributed by atoms with Gasteiger partial charge in [0.2, 0.25) is 5.91 Å². The van der Waals surface area contributed by atoms with Crippen LogP contribution in [0.1, 0.15) is 12.0 Å². The van der Waals surface area contributed by atoms with Gasteiger partial charge in [-0.2, -0.15) is 5.26 Å². The topological polar surface area (TPSA) is 77.2 Å². The van der Waals surface area contributed by atoms with E-state index in [9.17, 15) is 9.90 Å². The summed E-state index contributed by atoms with van der Waals surface area (Å²) in [5.74, 6) is 0.103. The smallest absolute Gasteiger partial charge is 0.230 e. The zero-order valence-corrected chi connectivity index (χ0v) is 9.81. The lowest BCUT2D eigenvalue weighted by Gasteiger charge is -2.15. The Morgan fingerprint density at radius 2 is 2.44 bits per heavy atom. The second kappa shape index (κ2) is 4.20. The van der Waals surface area contributed by atoms with Gasteiger partial charge in [0.15, 0.2) is 5.82 Å². The maximum absolute atomic E-state index is 11.5. The number of nitriles is 1. The number of aliphatic hydroxyl groups excluding tert-OH is 1. The van der Waals surface area contributed by atoms with Gasteiger partial charge in [0.05, 0.1) is 24.6 Å². The second-order valence-corrected chi connectivity index (χ2v) is 4.41. The lowest BCUT2D eigenvalue weighted by atomic mass is 10.2. The van der Waals surface area contributed by atoms with Gasteiger partial charge in [0.1, 0.15) is 6.07 Å². The molecule has 2 heterocycles. The highest BCUT2D eigenvalue weighted by Crippen LogP contribution is 2.25. The van der Waals surface area contributed by atoms with Crippen LogP contribution in [0.4, 0.5) is 5.82 Å². The normalized spacial score (nSPS) is 19.9. The zero-order valence-electron chi connectivity index (χ0n) is 8.22. The van der Waals surface area contributed by atoms with Crippen LogP contribution < -0.4 is 4.90 Å². The van der Waals surface area contributed by atoms with Crippen molar-refractivity contribution >= 4 is 27.7 Å². The van der Waals surface area contributed by atoms with E-state index in [1.54, 1.807) is 6.07 Å². The predicted molar refractivity (Wildman–Crippen MR) is 59.6 cm³/mol. The number of amides is 1. The number of anilines is 1. The molecule has 0 spiro atoms. The third-order valence-corrected chi connectivity index (χ3v) is 2.75. The summed E-state index contributed by atoms with van der Waals surface area (Å²) in [6.45, 7) is 0.197. The Morgan fingerprint density at radius 3 is 3.00 bits per heavy atom. The number of carbonyl (C=O) groups excluding carboxylic acids is 1. The number of nitrogens with zero attached hydrogens (tertiary/aromatic N) is 3. The first-order valence-electron chi connectivity index (χ1n) is 4.66. The number of carbonyl (C=O) groups is 1. The van der Waals surface area contributed by atoms with Gasteiger partial charge in [-0.1, -0.05) is 0 Å². The van der Waals surface area contributed by atoms with E-state index in [0.717, 1.165) is 0 Å². The van der Waals surface area contributed by atoms with Crippen molar-refractivity contribution in [1.82, 2.24) is 4.98 Å². The van der Waals surface area contributed by atoms with Crippen LogP contribution in [-0.4, -0.2) is 28.6 Å². The summed E-state index contributed by atoms with van der Waals surface area (Å²) in [6.07, 6.45) is 0.932. The molecule has 1 aliphatic heterocycles. The van der Waals surface area contributed by atoms with E-state index in [4.69, 9.17) is 5.26 Å². The van der Waals surface area contributed by atoms with Crippen molar-refractivity contribution in [2.45, 2.75) is 12.5 Å². The summed E-state index contributed by atoms with van der Waals surface area (Å²) >= 11 is 3.21. The maximum atomic E-state index is 11.5. The highest BCUT2D eigenvalue weighted by atomic mass is 79.9. The Balaban J connectivity index is 2.41. The second-order valence-electron chi connectivity index (χ2n) is 3.50. The van der Waals surface area contributed by atoms with Crippen LogP contribution in [0.2, 0.25) is 0 Å². The van der Waals surface area contributed by atoms with Gasteiger partial charge in [-0.3, -0.25) is 9.69 Å². The van der Waals surface area contributed by atoms with Crippen LogP contribution >= 0.6 is 15.9 Å². The summed E-state index contributed by atoms with van der Waals surface area (Å²) in [5.41, 5.74) is 0.317. The lowest BCUT2D eigenvalue weighted by Crippen LogP contribution is -2.27. The predicted octanol–water partition coefficient (Wildman–Crippen LogP) is 0.813. The summed E-state index contributed by atoms with van der Waals surface area (Å²) in [5, 5.41) is 18.3. The first-order valence-corrected chi connectivity index (χ1v) is 5.45.